The Bertz CT molecular complexity index is 1170. The number of rotatable bonds is 7. The van der Waals surface area contributed by atoms with Gasteiger partial charge < -0.3 is 9.15 Å². The summed E-state index contributed by atoms with van der Waals surface area (Å²) >= 11 is 5.85. The first kappa shape index (κ1) is 21.0. The van der Waals surface area contributed by atoms with Crippen LogP contribution in [0, 0.1) is 28.4 Å². The number of methoxy groups -OCH3 is 1. The highest BCUT2D eigenvalue weighted by molar-refractivity contribution is 6.30. The first-order chi connectivity index (χ1) is 14.4. The number of hydrazone groups is 1. The van der Waals surface area contributed by atoms with E-state index in [1.807, 2.05) is 0 Å². The summed E-state index contributed by atoms with van der Waals surface area (Å²) in [4.78, 5) is 15.0. The summed E-state index contributed by atoms with van der Waals surface area (Å²) in [5.41, 5.74) is 4.60. The molecule has 3 aromatic rings. The Hall–Kier alpha value is -3.74. The summed E-state index contributed by atoms with van der Waals surface area (Å²) in [6.45, 7) is 2.07. The average Bonchev–Trinajstić information content (AvgIpc) is 3.16. The maximum Gasteiger partial charge on any atom is 0.281 e. The van der Waals surface area contributed by atoms with Crippen LogP contribution in [0.5, 0.6) is 0 Å². The number of pyridine rings is 1. The molecule has 10 heteroatoms. The van der Waals surface area contributed by atoms with Gasteiger partial charge in [0, 0.05) is 29.5 Å². The number of anilines is 1. The highest BCUT2D eigenvalue weighted by Gasteiger charge is 2.18. The topological polar surface area (TPSA) is 127 Å². The Morgan fingerprint density at radius 2 is 2.20 bits per heavy atom. The van der Waals surface area contributed by atoms with Gasteiger partial charge in [-0.15, -0.1) is 0 Å². The minimum absolute atomic E-state index is 0.160. The number of hydrogen-bond acceptors (Lipinski definition) is 8. The summed E-state index contributed by atoms with van der Waals surface area (Å²) in [5.74, 6) is 0.944. The second kappa shape index (κ2) is 9.17. The fourth-order valence-corrected chi connectivity index (χ4v) is 2.97. The van der Waals surface area contributed by atoms with E-state index in [0.717, 1.165) is 0 Å². The van der Waals surface area contributed by atoms with Crippen molar-refractivity contribution in [3.8, 4) is 17.4 Å². The molecule has 9 nitrogen and oxygen atoms in total. The summed E-state index contributed by atoms with van der Waals surface area (Å²) in [6.07, 6.45) is 1.38. The van der Waals surface area contributed by atoms with E-state index in [0.29, 0.717) is 39.7 Å². The molecular weight excluding hydrogens is 410 g/mol. The number of hydrogen-bond donors (Lipinski definition) is 1. The average molecular weight is 426 g/mol. The first-order valence-electron chi connectivity index (χ1n) is 8.65. The molecule has 0 spiro atoms. The number of furan rings is 1. The maximum atomic E-state index is 11.3. The Morgan fingerprint density at radius 1 is 1.40 bits per heavy atom. The van der Waals surface area contributed by atoms with Crippen LogP contribution in [0.4, 0.5) is 11.5 Å². The van der Waals surface area contributed by atoms with Crippen molar-refractivity contribution in [2.24, 2.45) is 5.10 Å². The first-order valence-corrected chi connectivity index (χ1v) is 9.03. The Morgan fingerprint density at radius 3 is 2.90 bits per heavy atom. The van der Waals surface area contributed by atoms with Gasteiger partial charge in [0.05, 0.1) is 23.3 Å². The van der Waals surface area contributed by atoms with E-state index in [2.05, 4.69) is 21.6 Å². The largest absolute Gasteiger partial charge is 0.455 e. The molecule has 3 rings (SSSR count). The van der Waals surface area contributed by atoms with Gasteiger partial charge in [0.15, 0.2) is 5.82 Å². The van der Waals surface area contributed by atoms with Crippen molar-refractivity contribution in [3.63, 3.8) is 0 Å². The molecule has 30 heavy (non-hydrogen) atoms. The van der Waals surface area contributed by atoms with Crippen LogP contribution in [0.15, 0.2) is 45.9 Å². The molecular formula is C20H16ClN5O4. The van der Waals surface area contributed by atoms with E-state index in [1.54, 1.807) is 38.3 Å². The molecule has 2 aromatic heterocycles. The van der Waals surface area contributed by atoms with E-state index >= 15 is 0 Å². The van der Waals surface area contributed by atoms with E-state index in [4.69, 9.17) is 20.8 Å². The molecule has 1 aromatic carbocycles. The fourth-order valence-electron chi connectivity index (χ4n) is 2.80. The second-order valence-corrected chi connectivity index (χ2v) is 6.62. The lowest BCUT2D eigenvalue weighted by atomic mass is 10.1. The highest BCUT2D eigenvalue weighted by atomic mass is 35.5. The fraction of sp³-hybridized carbons (Fsp3) is 0.150. The van der Waals surface area contributed by atoms with Crippen LogP contribution in [0.3, 0.4) is 0 Å². The molecule has 0 unspecified atom stereocenters. The lowest BCUT2D eigenvalue weighted by Crippen LogP contribution is -2.03. The second-order valence-electron chi connectivity index (χ2n) is 6.18. The molecule has 1 N–H and O–H groups in total. The van der Waals surface area contributed by atoms with Crippen LogP contribution in [0.1, 0.15) is 22.6 Å². The number of aryl methyl sites for hydroxylation is 1. The highest BCUT2D eigenvalue weighted by Crippen LogP contribution is 2.33. The predicted octanol–water partition coefficient (Wildman–Crippen LogP) is 4.68. The zero-order chi connectivity index (χ0) is 21.7. The van der Waals surface area contributed by atoms with Gasteiger partial charge in [-0.2, -0.15) is 10.4 Å². The number of nitro groups is 1. The van der Waals surface area contributed by atoms with Crippen molar-refractivity contribution in [3.05, 3.63) is 74.1 Å². The van der Waals surface area contributed by atoms with E-state index in [9.17, 15) is 15.4 Å². The molecule has 0 aliphatic carbocycles. The van der Waals surface area contributed by atoms with Crippen molar-refractivity contribution in [1.82, 2.24) is 4.98 Å². The molecule has 0 radical (unpaired) electrons. The zero-order valence-electron chi connectivity index (χ0n) is 16.0. The minimum Gasteiger partial charge on any atom is -0.455 e. The number of nitrogens with zero attached hydrogens (tertiary/aromatic N) is 4. The number of benzene rings is 1. The predicted molar refractivity (Wildman–Crippen MR) is 111 cm³/mol. The van der Waals surface area contributed by atoms with Gasteiger partial charge >= 0.3 is 0 Å². The minimum atomic E-state index is -0.524. The van der Waals surface area contributed by atoms with Gasteiger partial charge in [-0.3, -0.25) is 15.5 Å². The number of halogens is 1. The Labute approximate surface area is 176 Å². The molecule has 0 atom stereocenters. The standard InChI is InChI=1S/C20H16ClN5O4/c1-12-7-13(11-29-2)17(9-22)20(24-12)25-23-10-15-4-6-19(30-15)16-5-3-14(21)8-18(16)26(27)28/h3-8,10H,11H2,1-2H3,(H,24,25). The molecule has 152 valence electrons. The monoisotopic (exact) mass is 425 g/mol. The van der Waals surface area contributed by atoms with Crippen LogP contribution in [0.25, 0.3) is 11.3 Å². The quantitative estimate of drug-likeness (QED) is 0.331. The van der Waals surface area contributed by atoms with E-state index < -0.39 is 4.92 Å². The normalized spacial score (nSPS) is 10.9. The van der Waals surface area contributed by atoms with Crippen molar-refractivity contribution in [1.29, 1.82) is 5.26 Å². The Kier molecular flexibility index (Phi) is 6.41. The lowest BCUT2D eigenvalue weighted by molar-refractivity contribution is -0.384. The van der Waals surface area contributed by atoms with Gasteiger partial charge in [-0.25, -0.2) is 4.98 Å². The third-order valence-electron chi connectivity index (χ3n) is 4.05. The van der Waals surface area contributed by atoms with E-state index in [1.165, 1.54) is 18.3 Å². The van der Waals surface area contributed by atoms with Crippen molar-refractivity contribution in [2.45, 2.75) is 13.5 Å². The van der Waals surface area contributed by atoms with Crippen molar-refractivity contribution < 1.29 is 14.1 Å². The third kappa shape index (κ3) is 4.63. The number of nitro benzene ring substituents is 1. The number of nitrogens with one attached hydrogen (secondary N) is 1. The molecule has 0 aliphatic rings. The molecule has 0 saturated heterocycles. The maximum absolute atomic E-state index is 11.3. The van der Waals surface area contributed by atoms with E-state index in [-0.39, 0.29) is 17.3 Å². The molecule has 0 aliphatic heterocycles. The van der Waals surface area contributed by atoms with Crippen LogP contribution in [-0.4, -0.2) is 23.2 Å². The third-order valence-corrected chi connectivity index (χ3v) is 4.29. The van der Waals surface area contributed by atoms with Crippen LogP contribution >= 0.6 is 11.6 Å². The van der Waals surface area contributed by atoms with Crippen LogP contribution in [-0.2, 0) is 11.3 Å². The molecule has 0 amide bonds. The van der Waals surface area contributed by atoms with Crippen molar-refractivity contribution >= 4 is 29.3 Å². The van der Waals surface area contributed by atoms with Gasteiger partial charge in [-0.1, -0.05) is 11.6 Å². The lowest BCUT2D eigenvalue weighted by Gasteiger charge is -2.08. The Balaban J connectivity index is 1.83. The molecule has 2 heterocycles. The smallest absolute Gasteiger partial charge is 0.281 e. The van der Waals surface area contributed by atoms with Crippen LogP contribution < -0.4 is 5.43 Å². The van der Waals surface area contributed by atoms with Crippen molar-refractivity contribution in [2.75, 3.05) is 12.5 Å². The SMILES string of the molecule is COCc1cc(C)nc(NN=Cc2ccc(-c3ccc(Cl)cc3[N+](=O)[O-])o2)c1C#N. The molecule has 0 saturated carbocycles. The van der Waals surface area contributed by atoms with Gasteiger partial charge in [0.25, 0.3) is 5.69 Å². The molecule has 0 fully saturated rings. The van der Waals surface area contributed by atoms with Gasteiger partial charge in [-0.05, 0) is 37.3 Å². The summed E-state index contributed by atoms with van der Waals surface area (Å²) < 4.78 is 10.8. The van der Waals surface area contributed by atoms with Crippen LogP contribution in [0.2, 0.25) is 5.02 Å². The molecule has 0 bridgehead atoms. The number of nitriles is 1. The van der Waals surface area contributed by atoms with Gasteiger partial charge in [0.1, 0.15) is 23.2 Å². The zero-order valence-corrected chi connectivity index (χ0v) is 16.8. The summed E-state index contributed by atoms with van der Waals surface area (Å²) in [5, 5.41) is 25.0. The summed E-state index contributed by atoms with van der Waals surface area (Å²) in [7, 11) is 1.54. The number of ether oxygens (including phenoxy) is 1. The number of aromatic nitrogens is 1. The summed E-state index contributed by atoms with van der Waals surface area (Å²) in [6, 6.07) is 11.4. The van der Waals surface area contributed by atoms with Gasteiger partial charge in [0.2, 0.25) is 0 Å².